The smallest absolute Gasteiger partial charge is 0.316 e. The van der Waals surface area contributed by atoms with Gasteiger partial charge in [-0.2, -0.15) is 0 Å². The summed E-state index contributed by atoms with van der Waals surface area (Å²) in [5.41, 5.74) is -0.457. The summed E-state index contributed by atoms with van der Waals surface area (Å²) in [6.07, 6.45) is 2.95. The van der Waals surface area contributed by atoms with Crippen molar-refractivity contribution < 1.29 is 19.8 Å². The number of carbonyl (C=O) groups excluding carboxylic acids is 1. The number of hydrogen-bond donors (Lipinski definition) is 3. The molecule has 0 aliphatic heterocycles. The van der Waals surface area contributed by atoms with Crippen molar-refractivity contribution in [3.05, 3.63) is 29.8 Å². The molecule has 0 heterocycles. The van der Waals surface area contributed by atoms with Gasteiger partial charge in [0.2, 0.25) is 0 Å². The first kappa shape index (κ1) is 20.5. The zero-order chi connectivity index (χ0) is 18.2. The fourth-order valence-electron chi connectivity index (χ4n) is 2.57. The van der Waals surface area contributed by atoms with Crippen LogP contribution in [0.1, 0.15) is 56.8 Å². The Morgan fingerprint density at radius 2 is 1.79 bits per heavy atom. The molecule has 0 fully saturated rings. The third-order valence-electron chi connectivity index (χ3n) is 3.79. The Kier molecular flexibility index (Phi) is 8.28. The van der Waals surface area contributed by atoms with Gasteiger partial charge in [0, 0.05) is 11.4 Å². The van der Waals surface area contributed by atoms with Gasteiger partial charge in [-0.15, -0.1) is 11.8 Å². The van der Waals surface area contributed by atoms with Gasteiger partial charge in [0.1, 0.15) is 5.25 Å². The van der Waals surface area contributed by atoms with Gasteiger partial charge in [-0.1, -0.05) is 38.8 Å². The second-order valence-corrected chi connectivity index (χ2v) is 7.38. The molecule has 0 radical (unpaired) electrons. The van der Waals surface area contributed by atoms with Gasteiger partial charge in [0.15, 0.2) is 0 Å². The topological polar surface area (TPSA) is 86.6 Å². The molecule has 0 aliphatic rings. The SMILES string of the molecule is CCCC(O)(CCC)CNC(=O)c1ccccc1SC(C)C(=O)O. The normalized spacial score (nSPS) is 12.7. The molecule has 0 aromatic heterocycles. The summed E-state index contributed by atoms with van der Waals surface area (Å²) in [4.78, 5) is 24.1. The number of aliphatic hydroxyl groups is 1. The summed E-state index contributed by atoms with van der Waals surface area (Å²) < 4.78 is 0. The van der Waals surface area contributed by atoms with Crippen molar-refractivity contribution in [1.29, 1.82) is 0 Å². The van der Waals surface area contributed by atoms with Gasteiger partial charge >= 0.3 is 5.97 Å². The zero-order valence-corrected chi connectivity index (χ0v) is 15.4. The summed E-state index contributed by atoms with van der Waals surface area (Å²) >= 11 is 1.14. The minimum atomic E-state index is -0.921. The van der Waals surface area contributed by atoms with Gasteiger partial charge in [-0.05, 0) is 31.9 Å². The van der Waals surface area contributed by atoms with Gasteiger partial charge in [-0.3, -0.25) is 9.59 Å². The van der Waals surface area contributed by atoms with Gasteiger partial charge in [-0.25, -0.2) is 0 Å². The summed E-state index contributed by atoms with van der Waals surface area (Å²) in [6, 6.07) is 6.93. The van der Waals surface area contributed by atoms with E-state index in [0.717, 1.165) is 24.6 Å². The third kappa shape index (κ3) is 6.17. The molecule has 134 valence electrons. The van der Waals surface area contributed by atoms with Crippen LogP contribution in [0.15, 0.2) is 29.2 Å². The van der Waals surface area contributed by atoms with Crippen molar-refractivity contribution in [2.75, 3.05) is 6.54 Å². The van der Waals surface area contributed by atoms with E-state index in [2.05, 4.69) is 5.32 Å². The van der Waals surface area contributed by atoms with E-state index in [1.807, 2.05) is 13.8 Å². The zero-order valence-electron chi connectivity index (χ0n) is 14.5. The number of amides is 1. The predicted octanol–water partition coefficient (Wildman–Crippen LogP) is 3.31. The lowest BCUT2D eigenvalue weighted by Crippen LogP contribution is -2.43. The molecule has 1 rings (SSSR count). The van der Waals surface area contributed by atoms with E-state index >= 15 is 0 Å². The van der Waals surface area contributed by atoms with Crippen molar-refractivity contribution >= 4 is 23.6 Å². The molecule has 0 saturated heterocycles. The Bertz CT molecular complexity index is 556. The third-order valence-corrected chi connectivity index (χ3v) is 4.96. The molecular weight excluding hydrogens is 326 g/mol. The number of benzene rings is 1. The van der Waals surface area contributed by atoms with Crippen LogP contribution in [0.2, 0.25) is 0 Å². The lowest BCUT2D eigenvalue weighted by molar-refractivity contribution is -0.136. The van der Waals surface area contributed by atoms with E-state index in [4.69, 9.17) is 5.11 Å². The minimum absolute atomic E-state index is 0.195. The molecular formula is C18H27NO4S. The van der Waals surface area contributed by atoms with Gasteiger partial charge in [0.25, 0.3) is 5.91 Å². The van der Waals surface area contributed by atoms with E-state index in [9.17, 15) is 14.7 Å². The maximum absolute atomic E-state index is 12.5. The van der Waals surface area contributed by atoms with Crippen LogP contribution in [0.25, 0.3) is 0 Å². The largest absolute Gasteiger partial charge is 0.480 e. The van der Waals surface area contributed by atoms with Crippen LogP contribution in [0.4, 0.5) is 0 Å². The quantitative estimate of drug-likeness (QED) is 0.562. The van der Waals surface area contributed by atoms with Crippen LogP contribution >= 0.6 is 11.8 Å². The fourth-order valence-corrected chi connectivity index (χ4v) is 3.50. The molecule has 1 aromatic rings. The number of nitrogens with one attached hydrogen (secondary N) is 1. The second-order valence-electron chi connectivity index (χ2n) is 6.00. The summed E-state index contributed by atoms with van der Waals surface area (Å²) in [5.74, 6) is -1.21. The molecule has 0 bridgehead atoms. The number of hydrogen-bond acceptors (Lipinski definition) is 4. The van der Waals surface area contributed by atoms with Crippen LogP contribution in [-0.2, 0) is 4.79 Å². The number of carbonyl (C=O) groups is 2. The molecule has 0 saturated carbocycles. The highest BCUT2D eigenvalue weighted by Gasteiger charge is 2.26. The average Bonchev–Trinajstić information content (AvgIpc) is 2.53. The predicted molar refractivity (Wildman–Crippen MR) is 96.5 cm³/mol. The highest BCUT2D eigenvalue weighted by Crippen LogP contribution is 2.27. The summed E-state index contributed by atoms with van der Waals surface area (Å²) in [7, 11) is 0. The van der Waals surface area contributed by atoms with E-state index in [0.29, 0.717) is 23.3 Å². The molecule has 0 aliphatic carbocycles. The van der Waals surface area contributed by atoms with E-state index < -0.39 is 16.8 Å². The molecule has 1 aromatic carbocycles. The molecule has 1 atom stereocenters. The molecule has 5 nitrogen and oxygen atoms in total. The number of aliphatic carboxylic acids is 1. The summed E-state index contributed by atoms with van der Waals surface area (Å²) in [6.45, 7) is 5.79. The van der Waals surface area contributed by atoms with E-state index in [1.54, 1.807) is 31.2 Å². The van der Waals surface area contributed by atoms with Crippen molar-refractivity contribution in [3.8, 4) is 0 Å². The summed E-state index contributed by atoms with van der Waals surface area (Å²) in [5, 5.41) is 21.8. The highest BCUT2D eigenvalue weighted by molar-refractivity contribution is 8.00. The van der Waals surface area contributed by atoms with Crippen LogP contribution in [0, 0.1) is 0 Å². The molecule has 24 heavy (non-hydrogen) atoms. The average molecular weight is 353 g/mol. The van der Waals surface area contributed by atoms with Crippen LogP contribution in [0.5, 0.6) is 0 Å². The first-order chi connectivity index (χ1) is 11.3. The second kappa shape index (κ2) is 9.69. The standard InChI is InChI=1S/C18H27NO4S/c1-4-10-18(23,11-5-2)12-19-16(20)14-8-6-7-9-15(14)24-13(3)17(21)22/h6-9,13,23H,4-5,10-12H2,1-3H3,(H,19,20)(H,21,22). The Morgan fingerprint density at radius 1 is 1.21 bits per heavy atom. The fraction of sp³-hybridized carbons (Fsp3) is 0.556. The number of carboxylic acids is 1. The maximum atomic E-state index is 12.5. The van der Waals surface area contributed by atoms with E-state index in [1.165, 1.54) is 0 Å². The first-order valence-corrected chi connectivity index (χ1v) is 9.20. The molecule has 1 amide bonds. The number of rotatable bonds is 10. The monoisotopic (exact) mass is 353 g/mol. The Morgan fingerprint density at radius 3 is 2.33 bits per heavy atom. The van der Waals surface area contributed by atoms with E-state index in [-0.39, 0.29) is 12.5 Å². The van der Waals surface area contributed by atoms with Crippen molar-refractivity contribution in [1.82, 2.24) is 5.32 Å². The minimum Gasteiger partial charge on any atom is -0.480 e. The van der Waals surface area contributed by atoms with Gasteiger partial charge < -0.3 is 15.5 Å². The van der Waals surface area contributed by atoms with Crippen molar-refractivity contribution in [3.63, 3.8) is 0 Å². The highest BCUT2D eigenvalue weighted by atomic mass is 32.2. The van der Waals surface area contributed by atoms with Crippen molar-refractivity contribution in [2.45, 2.75) is 62.2 Å². The Hall–Kier alpha value is -1.53. The molecule has 6 heteroatoms. The number of thioether (sulfide) groups is 1. The van der Waals surface area contributed by atoms with Crippen LogP contribution < -0.4 is 5.32 Å². The lowest BCUT2D eigenvalue weighted by Gasteiger charge is -2.28. The maximum Gasteiger partial charge on any atom is 0.316 e. The molecule has 0 spiro atoms. The molecule has 3 N–H and O–H groups in total. The van der Waals surface area contributed by atoms with Crippen molar-refractivity contribution in [2.24, 2.45) is 0 Å². The Balaban J connectivity index is 2.82. The van der Waals surface area contributed by atoms with Gasteiger partial charge in [0.05, 0.1) is 11.2 Å². The van der Waals surface area contributed by atoms with Crippen LogP contribution in [0.3, 0.4) is 0 Å². The number of carboxylic acid groups (broad SMARTS) is 1. The first-order valence-electron chi connectivity index (χ1n) is 8.32. The molecule has 1 unspecified atom stereocenters. The Labute approximate surface area is 147 Å². The van der Waals surface area contributed by atoms with Crippen LogP contribution in [-0.4, -0.2) is 39.5 Å². The lowest BCUT2D eigenvalue weighted by atomic mass is 9.92.